The van der Waals surface area contributed by atoms with Gasteiger partial charge in [-0.15, -0.1) is 23.2 Å². The summed E-state index contributed by atoms with van der Waals surface area (Å²) >= 11 is 11.4. The molecule has 6 heteroatoms. The van der Waals surface area contributed by atoms with E-state index in [0.29, 0.717) is 18.2 Å². The normalized spacial score (nSPS) is 31.7. The summed E-state index contributed by atoms with van der Waals surface area (Å²) in [6.07, 6.45) is 6.10. The van der Waals surface area contributed by atoms with Crippen molar-refractivity contribution >= 4 is 35.0 Å². The summed E-state index contributed by atoms with van der Waals surface area (Å²) in [5.74, 6) is 1.29. The Labute approximate surface area is 136 Å². The zero-order chi connectivity index (χ0) is 15.2. The fraction of sp³-hybridized carbons (Fsp3) is 0.867. The molecule has 2 saturated heterocycles. The van der Waals surface area contributed by atoms with Crippen LogP contribution in [0.3, 0.4) is 0 Å². The highest BCUT2D eigenvalue weighted by atomic mass is 35.5. The lowest BCUT2D eigenvalue weighted by molar-refractivity contribution is -0.142. The van der Waals surface area contributed by atoms with Crippen molar-refractivity contribution in [1.29, 1.82) is 0 Å². The molecule has 2 aliphatic heterocycles. The molecule has 2 rings (SSSR count). The van der Waals surface area contributed by atoms with Gasteiger partial charge in [-0.3, -0.25) is 9.59 Å². The fourth-order valence-corrected chi connectivity index (χ4v) is 3.80. The molecular weight excluding hydrogens is 311 g/mol. The number of rotatable bonds is 8. The number of carbonyl (C=O) groups excluding carboxylic acids is 2. The number of hydrogen-bond donors (Lipinski definition) is 2. The van der Waals surface area contributed by atoms with Crippen LogP contribution in [-0.4, -0.2) is 35.7 Å². The van der Waals surface area contributed by atoms with E-state index in [9.17, 15) is 9.59 Å². The van der Waals surface area contributed by atoms with Crippen molar-refractivity contribution in [2.75, 3.05) is 11.8 Å². The first kappa shape index (κ1) is 16.9. The molecule has 2 heterocycles. The van der Waals surface area contributed by atoms with Crippen molar-refractivity contribution < 1.29 is 9.59 Å². The van der Waals surface area contributed by atoms with Crippen molar-refractivity contribution in [3.63, 3.8) is 0 Å². The number of piperidine rings is 2. The number of hydrogen-bond acceptors (Lipinski definition) is 2. The lowest BCUT2D eigenvalue weighted by atomic mass is 9.74. The molecule has 21 heavy (non-hydrogen) atoms. The van der Waals surface area contributed by atoms with Crippen LogP contribution in [-0.2, 0) is 9.59 Å². The average Bonchev–Trinajstić information content (AvgIpc) is 2.47. The van der Waals surface area contributed by atoms with Crippen LogP contribution >= 0.6 is 23.2 Å². The molecule has 0 aromatic carbocycles. The van der Waals surface area contributed by atoms with E-state index in [4.69, 9.17) is 23.2 Å². The van der Waals surface area contributed by atoms with Gasteiger partial charge in [-0.2, -0.15) is 0 Å². The van der Waals surface area contributed by atoms with E-state index < -0.39 is 0 Å². The number of amides is 2. The topological polar surface area (TPSA) is 58.2 Å². The molecule has 4 atom stereocenters. The lowest BCUT2D eigenvalue weighted by Gasteiger charge is -2.44. The van der Waals surface area contributed by atoms with E-state index in [2.05, 4.69) is 10.6 Å². The lowest BCUT2D eigenvalue weighted by Crippen LogP contribution is -2.64. The Morgan fingerprint density at radius 3 is 1.62 bits per heavy atom. The third-order valence-corrected chi connectivity index (χ3v) is 5.14. The minimum Gasteiger partial charge on any atom is -0.352 e. The van der Waals surface area contributed by atoms with Gasteiger partial charge in [-0.1, -0.05) is 12.8 Å². The average molecular weight is 335 g/mol. The number of alkyl halides is 2. The van der Waals surface area contributed by atoms with Crippen LogP contribution in [0.2, 0.25) is 0 Å². The Morgan fingerprint density at radius 1 is 0.810 bits per heavy atom. The molecule has 0 radical (unpaired) electrons. The first-order valence-corrected chi connectivity index (χ1v) is 8.97. The maximum absolute atomic E-state index is 12.3. The van der Waals surface area contributed by atoms with Crippen molar-refractivity contribution in [3.8, 4) is 0 Å². The highest BCUT2D eigenvalue weighted by Gasteiger charge is 2.46. The van der Waals surface area contributed by atoms with Gasteiger partial charge in [0.2, 0.25) is 11.8 Å². The van der Waals surface area contributed by atoms with Crippen LogP contribution in [0.5, 0.6) is 0 Å². The fourth-order valence-electron chi connectivity index (χ4n) is 3.43. The van der Waals surface area contributed by atoms with Crippen LogP contribution in [0.25, 0.3) is 0 Å². The Kier molecular flexibility index (Phi) is 6.62. The number of halogens is 2. The first-order valence-electron chi connectivity index (χ1n) is 7.90. The molecule has 2 fully saturated rings. The summed E-state index contributed by atoms with van der Waals surface area (Å²) in [6, 6.07) is -0.0542. The highest BCUT2D eigenvalue weighted by molar-refractivity contribution is 6.18. The van der Waals surface area contributed by atoms with Gasteiger partial charge >= 0.3 is 0 Å². The van der Waals surface area contributed by atoms with Gasteiger partial charge < -0.3 is 10.6 Å². The molecule has 0 spiro atoms. The van der Waals surface area contributed by atoms with Gasteiger partial charge in [0.25, 0.3) is 0 Å². The molecular formula is C15H24Cl2N2O2. The van der Waals surface area contributed by atoms with Crippen molar-refractivity contribution in [1.82, 2.24) is 10.6 Å². The number of fused-ring (bicyclic) bond motifs is 2. The summed E-state index contributed by atoms with van der Waals surface area (Å²) in [6.45, 7) is 0. The van der Waals surface area contributed by atoms with Crippen LogP contribution in [0.4, 0.5) is 0 Å². The van der Waals surface area contributed by atoms with Crippen LogP contribution < -0.4 is 10.6 Å². The first-order chi connectivity index (χ1) is 10.2. The molecule has 2 N–H and O–H groups in total. The summed E-state index contributed by atoms with van der Waals surface area (Å²) in [7, 11) is 0. The molecule has 4 nitrogen and oxygen atoms in total. The van der Waals surface area contributed by atoms with Crippen molar-refractivity contribution in [3.05, 3.63) is 0 Å². The molecule has 2 bridgehead atoms. The van der Waals surface area contributed by atoms with E-state index in [0.717, 1.165) is 38.5 Å². The number of nitrogens with one attached hydrogen (secondary N) is 2. The largest absolute Gasteiger partial charge is 0.352 e. The van der Waals surface area contributed by atoms with Crippen LogP contribution in [0, 0.1) is 11.8 Å². The summed E-state index contributed by atoms with van der Waals surface area (Å²) in [5, 5.41) is 6.12. The van der Waals surface area contributed by atoms with Crippen molar-refractivity contribution in [2.45, 2.75) is 57.0 Å². The van der Waals surface area contributed by atoms with Gasteiger partial charge in [-0.25, -0.2) is 0 Å². The predicted octanol–water partition coefficient (Wildman–Crippen LogP) is 2.42. The second-order valence-electron chi connectivity index (χ2n) is 6.05. The number of carbonyl (C=O) groups is 2. The zero-order valence-electron chi connectivity index (χ0n) is 12.2. The standard InChI is InChI=1S/C15H24Cl2N2O2/c16-7-3-1-5-12-10-9-11(15(21)18-12)13(19-14(10)20)6-2-4-8-17/h10-13H,1-9H2,(H,18,21)(H,19,20)/t10-,11-,12-,13-/m0/s1. The maximum Gasteiger partial charge on any atom is 0.225 e. The van der Waals surface area contributed by atoms with Gasteiger partial charge in [0.15, 0.2) is 0 Å². The summed E-state index contributed by atoms with van der Waals surface area (Å²) in [4.78, 5) is 24.6. The van der Waals surface area contributed by atoms with E-state index in [1.807, 2.05) is 0 Å². The van der Waals surface area contributed by atoms with E-state index in [-0.39, 0.29) is 35.7 Å². The molecule has 2 amide bonds. The van der Waals surface area contributed by atoms with E-state index >= 15 is 0 Å². The summed E-state index contributed by atoms with van der Waals surface area (Å²) in [5.41, 5.74) is 0. The third-order valence-electron chi connectivity index (χ3n) is 4.61. The minimum absolute atomic E-state index is 0.0271. The van der Waals surface area contributed by atoms with Gasteiger partial charge in [-0.05, 0) is 32.1 Å². The molecule has 0 aromatic heterocycles. The summed E-state index contributed by atoms with van der Waals surface area (Å²) < 4.78 is 0. The Bertz CT molecular complexity index is 345. The smallest absolute Gasteiger partial charge is 0.225 e. The highest BCUT2D eigenvalue weighted by Crippen LogP contribution is 2.33. The second-order valence-corrected chi connectivity index (χ2v) is 6.80. The molecule has 0 aliphatic carbocycles. The van der Waals surface area contributed by atoms with Crippen LogP contribution in [0.15, 0.2) is 0 Å². The number of unbranched alkanes of at least 4 members (excludes halogenated alkanes) is 2. The molecule has 2 aliphatic rings. The molecule has 120 valence electrons. The molecule has 0 unspecified atom stereocenters. The van der Waals surface area contributed by atoms with Gasteiger partial charge in [0.1, 0.15) is 0 Å². The SMILES string of the molecule is O=C1N[C@@H](CCCCCl)[C@@H]2C[C@H]1[C@H](CCCCCl)NC2=O. The van der Waals surface area contributed by atoms with Gasteiger partial charge in [0, 0.05) is 23.8 Å². The Morgan fingerprint density at radius 2 is 1.24 bits per heavy atom. The minimum atomic E-state index is -0.0766. The van der Waals surface area contributed by atoms with E-state index in [1.54, 1.807) is 0 Å². The van der Waals surface area contributed by atoms with Crippen molar-refractivity contribution in [2.24, 2.45) is 11.8 Å². The van der Waals surface area contributed by atoms with Gasteiger partial charge in [0.05, 0.1) is 11.8 Å². The molecule has 0 aromatic rings. The third kappa shape index (κ3) is 4.26. The maximum atomic E-state index is 12.3. The Balaban J connectivity index is 1.93. The van der Waals surface area contributed by atoms with Crippen LogP contribution in [0.1, 0.15) is 44.9 Å². The van der Waals surface area contributed by atoms with E-state index in [1.165, 1.54) is 0 Å². The molecule has 0 saturated carbocycles. The monoisotopic (exact) mass is 334 g/mol. The second kappa shape index (κ2) is 8.23. The zero-order valence-corrected chi connectivity index (χ0v) is 13.8. The quantitative estimate of drug-likeness (QED) is 0.529. The Hall–Kier alpha value is -0.480. The predicted molar refractivity (Wildman–Crippen MR) is 84.6 cm³/mol.